The van der Waals surface area contributed by atoms with E-state index in [1.54, 1.807) is 0 Å². The average molecular weight is 304 g/mol. The predicted molar refractivity (Wildman–Crippen MR) is 81.6 cm³/mol. The molecule has 1 N–H and O–H groups in total. The van der Waals surface area contributed by atoms with Crippen molar-refractivity contribution < 1.29 is 19.4 Å². The van der Waals surface area contributed by atoms with E-state index in [0.717, 1.165) is 36.1 Å². The molecular weight excluding hydrogens is 284 g/mol. The third-order valence-electron chi connectivity index (χ3n) is 3.79. The van der Waals surface area contributed by atoms with E-state index in [9.17, 15) is 4.79 Å². The Morgan fingerprint density at radius 1 is 1.32 bits per heavy atom. The lowest BCUT2D eigenvalue weighted by atomic mass is 10.2. The molecule has 0 bridgehead atoms. The molecule has 0 spiro atoms. The second-order valence-corrected chi connectivity index (χ2v) is 5.41. The molecule has 22 heavy (non-hydrogen) atoms. The maximum atomic E-state index is 10.9. The minimum Gasteiger partial charge on any atom is -0.486 e. The average Bonchev–Trinajstić information content (AvgIpc) is 2.85. The van der Waals surface area contributed by atoms with Gasteiger partial charge in [-0.15, -0.1) is 0 Å². The lowest BCUT2D eigenvalue weighted by Crippen LogP contribution is -2.15. The van der Waals surface area contributed by atoms with E-state index in [-0.39, 0.29) is 6.42 Å². The number of hydrogen-bond donors (Lipinski definition) is 1. The minimum atomic E-state index is -0.805. The molecule has 118 valence electrons. The maximum absolute atomic E-state index is 10.9. The third kappa shape index (κ3) is 2.86. The third-order valence-corrected chi connectivity index (χ3v) is 3.79. The largest absolute Gasteiger partial charge is 0.486 e. The summed E-state index contributed by atoms with van der Waals surface area (Å²) in [6.45, 7) is 3.63. The normalized spacial score (nSPS) is 13.5. The fraction of sp³-hybridized carbons (Fsp3) is 0.500. The second kappa shape index (κ2) is 6.25. The van der Waals surface area contributed by atoms with Gasteiger partial charge in [0, 0.05) is 25.1 Å². The molecule has 0 saturated heterocycles. The first-order valence-electron chi connectivity index (χ1n) is 7.69. The zero-order valence-corrected chi connectivity index (χ0v) is 12.7. The molecule has 2 aromatic rings. The molecule has 0 aliphatic carbocycles. The van der Waals surface area contributed by atoms with Crippen LogP contribution in [-0.4, -0.2) is 33.8 Å². The first-order valence-corrected chi connectivity index (χ1v) is 7.69. The van der Waals surface area contributed by atoms with Gasteiger partial charge < -0.3 is 19.1 Å². The molecule has 1 aliphatic rings. The highest BCUT2D eigenvalue weighted by Gasteiger charge is 2.18. The number of rotatable bonds is 6. The number of imidazole rings is 1. The van der Waals surface area contributed by atoms with E-state index >= 15 is 0 Å². The van der Waals surface area contributed by atoms with Crippen LogP contribution in [-0.2, 0) is 17.8 Å². The Labute approximate surface area is 128 Å². The van der Waals surface area contributed by atoms with Gasteiger partial charge in [-0.25, -0.2) is 4.98 Å². The molecule has 0 saturated carbocycles. The van der Waals surface area contributed by atoms with Gasteiger partial charge in [0.1, 0.15) is 19.0 Å². The number of nitrogens with zero attached hydrogens (tertiary/aromatic N) is 2. The Morgan fingerprint density at radius 3 is 2.73 bits per heavy atom. The Kier molecular flexibility index (Phi) is 4.18. The van der Waals surface area contributed by atoms with Crippen LogP contribution >= 0.6 is 0 Å². The number of carboxylic acids is 1. The van der Waals surface area contributed by atoms with Crippen molar-refractivity contribution in [2.45, 2.75) is 39.2 Å². The van der Waals surface area contributed by atoms with E-state index in [4.69, 9.17) is 14.6 Å². The molecule has 6 heteroatoms. The van der Waals surface area contributed by atoms with Crippen LogP contribution < -0.4 is 9.47 Å². The van der Waals surface area contributed by atoms with Gasteiger partial charge >= 0.3 is 5.97 Å². The molecule has 3 rings (SSSR count). The molecule has 1 aromatic heterocycles. The van der Waals surface area contributed by atoms with Crippen LogP contribution in [0, 0.1) is 0 Å². The van der Waals surface area contributed by atoms with Crippen molar-refractivity contribution in [1.82, 2.24) is 9.55 Å². The van der Waals surface area contributed by atoms with Crippen LogP contribution in [0.2, 0.25) is 0 Å². The fourth-order valence-electron chi connectivity index (χ4n) is 2.69. The Bertz CT molecular complexity index is 693. The standard InChI is InChI=1S/C16H20N2O4/c1-2-3-4-15-17-11-9-13-14(22-8-7-21-13)10-12(11)18(15)6-5-16(19)20/h9-10H,2-8H2,1H3,(H,19,20). The SMILES string of the molecule is CCCCc1nc2cc3c(cc2n1CCC(=O)O)OCCO3. The first-order chi connectivity index (χ1) is 10.7. The Hall–Kier alpha value is -2.24. The first kappa shape index (κ1) is 14.7. The zero-order chi connectivity index (χ0) is 15.5. The van der Waals surface area contributed by atoms with E-state index in [1.165, 1.54) is 0 Å². The van der Waals surface area contributed by atoms with E-state index in [0.29, 0.717) is 31.3 Å². The quantitative estimate of drug-likeness (QED) is 0.888. The summed E-state index contributed by atoms with van der Waals surface area (Å²) >= 11 is 0. The minimum absolute atomic E-state index is 0.0824. The highest BCUT2D eigenvalue weighted by molar-refractivity contribution is 5.81. The zero-order valence-electron chi connectivity index (χ0n) is 12.7. The molecule has 6 nitrogen and oxygen atoms in total. The fourth-order valence-corrected chi connectivity index (χ4v) is 2.69. The van der Waals surface area contributed by atoms with Gasteiger partial charge in [-0.2, -0.15) is 0 Å². The van der Waals surface area contributed by atoms with Gasteiger partial charge in [0.25, 0.3) is 0 Å². The molecule has 0 unspecified atom stereocenters. The highest BCUT2D eigenvalue weighted by atomic mass is 16.6. The monoisotopic (exact) mass is 304 g/mol. The number of unbranched alkanes of at least 4 members (excludes halogenated alkanes) is 1. The van der Waals surface area contributed by atoms with Crippen molar-refractivity contribution in [2.75, 3.05) is 13.2 Å². The number of carbonyl (C=O) groups is 1. The van der Waals surface area contributed by atoms with Gasteiger partial charge in [-0.3, -0.25) is 4.79 Å². The van der Waals surface area contributed by atoms with Crippen LogP contribution in [0.3, 0.4) is 0 Å². The summed E-state index contributed by atoms with van der Waals surface area (Å²) in [6, 6.07) is 3.80. The Morgan fingerprint density at radius 2 is 2.05 bits per heavy atom. The van der Waals surface area contributed by atoms with Crippen molar-refractivity contribution in [2.24, 2.45) is 0 Å². The molecule has 0 radical (unpaired) electrons. The van der Waals surface area contributed by atoms with Crippen molar-refractivity contribution >= 4 is 17.0 Å². The number of ether oxygens (including phenoxy) is 2. The summed E-state index contributed by atoms with van der Waals surface area (Å²) in [6.07, 6.45) is 3.03. The summed E-state index contributed by atoms with van der Waals surface area (Å²) in [5.74, 6) is 1.54. The summed E-state index contributed by atoms with van der Waals surface area (Å²) in [5.41, 5.74) is 1.75. The van der Waals surface area contributed by atoms with Crippen molar-refractivity contribution in [3.8, 4) is 11.5 Å². The lowest BCUT2D eigenvalue weighted by molar-refractivity contribution is -0.137. The maximum Gasteiger partial charge on any atom is 0.305 e. The van der Waals surface area contributed by atoms with E-state index in [1.807, 2.05) is 16.7 Å². The van der Waals surface area contributed by atoms with Crippen LogP contribution in [0.5, 0.6) is 11.5 Å². The van der Waals surface area contributed by atoms with E-state index in [2.05, 4.69) is 11.9 Å². The molecular formula is C16H20N2O4. The summed E-state index contributed by atoms with van der Waals surface area (Å²) < 4.78 is 13.2. The number of aryl methyl sites for hydroxylation is 2. The van der Waals surface area contributed by atoms with Crippen LogP contribution in [0.25, 0.3) is 11.0 Å². The number of benzene rings is 1. The molecule has 0 fully saturated rings. The summed E-state index contributed by atoms with van der Waals surface area (Å²) in [5, 5.41) is 8.96. The van der Waals surface area contributed by atoms with Gasteiger partial charge in [0.05, 0.1) is 17.5 Å². The van der Waals surface area contributed by atoms with E-state index < -0.39 is 5.97 Å². The number of aromatic nitrogens is 2. The summed E-state index contributed by atoms with van der Waals surface area (Å²) in [4.78, 5) is 15.6. The van der Waals surface area contributed by atoms with Crippen molar-refractivity contribution in [3.63, 3.8) is 0 Å². The second-order valence-electron chi connectivity index (χ2n) is 5.41. The predicted octanol–water partition coefficient (Wildman–Crippen LogP) is 2.62. The molecule has 0 amide bonds. The molecule has 0 atom stereocenters. The Balaban J connectivity index is 2.03. The van der Waals surface area contributed by atoms with Crippen molar-refractivity contribution in [3.05, 3.63) is 18.0 Å². The molecule has 1 aliphatic heterocycles. The van der Waals surface area contributed by atoms with Gasteiger partial charge in [-0.05, 0) is 6.42 Å². The van der Waals surface area contributed by atoms with Gasteiger partial charge in [-0.1, -0.05) is 13.3 Å². The van der Waals surface area contributed by atoms with Crippen LogP contribution in [0.15, 0.2) is 12.1 Å². The lowest BCUT2D eigenvalue weighted by Gasteiger charge is -2.18. The number of hydrogen-bond acceptors (Lipinski definition) is 4. The van der Waals surface area contributed by atoms with Crippen molar-refractivity contribution in [1.29, 1.82) is 0 Å². The number of aliphatic carboxylic acids is 1. The topological polar surface area (TPSA) is 73.6 Å². The smallest absolute Gasteiger partial charge is 0.305 e. The molecule has 2 heterocycles. The van der Waals surface area contributed by atoms with Crippen LogP contribution in [0.1, 0.15) is 32.0 Å². The van der Waals surface area contributed by atoms with Crippen LogP contribution in [0.4, 0.5) is 0 Å². The highest BCUT2D eigenvalue weighted by Crippen LogP contribution is 2.35. The van der Waals surface area contributed by atoms with Gasteiger partial charge in [0.15, 0.2) is 11.5 Å². The number of carboxylic acid groups (broad SMARTS) is 1. The van der Waals surface area contributed by atoms with Gasteiger partial charge in [0.2, 0.25) is 0 Å². The molecule has 1 aromatic carbocycles. The number of fused-ring (bicyclic) bond motifs is 2. The summed E-state index contributed by atoms with van der Waals surface area (Å²) in [7, 11) is 0.